The van der Waals surface area contributed by atoms with Gasteiger partial charge in [-0.15, -0.1) is 0 Å². The van der Waals surface area contributed by atoms with Gasteiger partial charge in [0.15, 0.2) is 11.5 Å². The van der Waals surface area contributed by atoms with Crippen molar-refractivity contribution in [3.63, 3.8) is 0 Å². The molecule has 1 aromatic carbocycles. The van der Waals surface area contributed by atoms with Gasteiger partial charge in [-0.2, -0.15) is 0 Å². The number of ether oxygens (including phenoxy) is 2. The number of hydrogen-bond acceptors (Lipinski definition) is 3. The van der Waals surface area contributed by atoms with Crippen LogP contribution in [0.5, 0.6) is 11.5 Å². The smallest absolute Gasteiger partial charge is 0.167 e. The number of carbonyl (C=O) groups excluding carboxylic acids is 1. The molecule has 16 heavy (non-hydrogen) atoms. The van der Waals surface area contributed by atoms with E-state index in [2.05, 4.69) is 15.9 Å². The van der Waals surface area contributed by atoms with E-state index in [0.29, 0.717) is 24.7 Å². The molecule has 0 saturated heterocycles. The van der Waals surface area contributed by atoms with E-state index in [4.69, 9.17) is 9.47 Å². The second kappa shape index (κ2) is 4.41. The van der Waals surface area contributed by atoms with E-state index in [9.17, 15) is 9.18 Å². The van der Waals surface area contributed by atoms with Crippen molar-refractivity contribution in [3.05, 3.63) is 21.9 Å². The van der Waals surface area contributed by atoms with Crippen LogP contribution in [-0.4, -0.2) is 19.0 Å². The molecule has 5 heteroatoms. The van der Waals surface area contributed by atoms with Crippen LogP contribution in [0.15, 0.2) is 10.5 Å². The van der Waals surface area contributed by atoms with Crippen LogP contribution in [-0.2, 0) is 11.2 Å². The minimum absolute atomic E-state index is 0.0109. The van der Waals surface area contributed by atoms with Crippen molar-refractivity contribution < 1.29 is 18.7 Å². The van der Waals surface area contributed by atoms with Gasteiger partial charge in [0.2, 0.25) is 0 Å². The van der Waals surface area contributed by atoms with Crippen LogP contribution in [0.4, 0.5) is 4.39 Å². The molecule has 0 spiro atoms. The number of rotatable bonds is 2. The summed E-state index contributed by atoms with van der Waals surface area (Å²) < 4.78 is 24.8. The first-order chi connectivity index (χ1) is 7.59. The first kappa shape index (κ1) is 11.4. The molecule has 2 rings (SSSR count). The lowest BCUT2D eigenvalue weighted by atomic mass is 10.1. The summed E-state index contributed by atoms with van der Waals surface area (Å²) in [7, 11) is 0. The standard InChI is InChI=1S/C11H10BrFO3/c1-6(14)4-7-10(13)8(12)5-9-11(7)16-3-2-15-9/h5H,2-4H2,1H3. The predicted molar refractivity (Wildman–Crippen MR) is 59.5 cm³/mol. The van der Waals surface area contributed by atoms with Crippen LogP contribution in [0.3, 0.4) is 0 Å². The van der Waals surface area contributed by atoms with Gasteiger partial charge in [0.05, 0.1) is 4.47 Å². The minimum Gasteiger partial charge on any atom is -0.486 e. The second-order valence-electron chi connectivity index (χ2n) is 3.55. The third-order valence-electron chi connectivity index (χ3n) is 2.24. The van der Waals surface area contributed by atoms with Crippen LogP contribution in [0.1, 0.15) is 12.5 Å². The number of hydrogen-bond donors (Lipinski definition) is 0. The van der Waals surface area contributed by atoms with Gasteiger partial charge in [-0.3, -0.25) is 4.79 Å². The van der Waals surface area contributed by atoms with Gasteiger partial charge < -0.3 is 9.47 Å². The highest BCUT2D eigenvalue weighted by Gasteiger charge is 2.23. The largest absolute Gasteiger partial charge is 0.486 e. The van der Waals surface area contributed by atoms with E-state index in [0.717, 1.165) is 0 Å². The lowest BCUT2D eigenvalue weighted by Gasteiger charge is -2.21. The first-order valence-corrected chi connectivity index (χ1v) is 5.65. The molecule has 0 fully saturated rings. The van der Waals surface area contributed by atoms with Gasteiger partial charge >= 0.3 is 0 Å². The third kappa shape index (κ3) is 2.04. The van der Waals surface area contributed by atoms with Crippen molar-refractivity contribution in [3.8, 4) is 11.5 Å². The van der Waals surface area contributed by atoms with Crippen molar-refractivity contribution in [1.29, 1.82) is 0 Å². The molecule has 0 amide bonds. The lowest BCUT2D eigenvalue weighted by molar-refractivity contribution is -0.116. The molecular weight excluding hydrogens is 279 g/mol. The SMILES string of the molecule is CC(=O)Cc1c(F)c(Br)cc2c1OCCO2. The number of ketones is 1. The maximum atomic E-state index is 13.8. The molecule has 86 valence electrons. The highest BCUT2D eigenvalue weighted by molar-refractivity contribution is 9.10. The summed E-state index contributed by atoms with van der Waals surface area (Å²) >= 11 is 3.09. The van der Waals surface area contributed by atoms with Crippen molar-refractivity contribution in [2.24, 2.45) is 0 Å². The molecule has 1 heterocycles. The second-order valence-corrected chi connectivity index (χ2v) is 4.41. The Hall–Kier alpha value is -1.10. The number of Topliss-reactive ketones (excluding diaryl/α,β-unsaturated/α-hetero) is 1. The molecule has 1 aromatic rings. The van der Waals surface area contributed by atoms with Gasteiger partial charge in [-0.05, 0) is 22.9 Å². The molecule has 0 bridgehead atoms. The van der Waals surface area contributed by atoms with Crippen molar-refractivity contribution in [2.45, 2.75) is 13.3 Å². The molecule has 0 unspecified atom stereocenters. The first-order valence-electron chi connectivity index (χ1n) is 4.85. The molecular formula is C11H10BrFO3. The number of fused-ring (bicyclic) bond motifs is 1. The normalized spacial score (nSPS) is 13.7. The van der Waals surface area contributed by atoms with E-state index in [1.807, 2.05) is 0 Å². The number of carbonyl (C=O) groups is 1. The quantitative estimate of drug-likeness (QED) is 0.839. The molecule has 1 aliphatic heterocycles. The monoisotopic (exact) mass is 288 g/mol. The van der Waals surface area contributed by atoms with Crippen LogP contribution in [0.25, 0.3) is 0 Å². The summed E-state index contributed by atoms with van der Waals surface area (Å²) in [6.45, 7) is 2.22. The van der Waals surface area contributed by atoms with E-state index >= 15 is 0 Å². The highest BCUT2D eigenvalue weighted by atomic mass is 79.9. The van der Waals surface area contributed by atoms with Crippen LogP contribution < -0.4 is 9.47 Å². The zero-order valence-corrected chi connectivity index (χ0v) is 10.3. The summed E-state index contributed by atoms with van der Waals surface area (Å²) in [6, 6.07) is 1.52. The third-order valence-corrected chi connectivity index (χ3v) is 2.82. The molecule has 0 atom stereocenters. The fourth-order valence-corrected chi connectivity index (χ4v) is 2.05. The maximum Gasteiger partial charge on any atom is 0.167 e. The van der Waals surface area contributed by atoms with E-state index in [1.165, 1.54) is 13.0 Å². The Morgan fingerprint density at radius 1 is 1.50 bits per heavy atom. The van der Waals surface area contributed by atoms with Gasteiger partial charge in [-0.1, -0.05) is 0 Å². The number of benzene rings is 1. The minimum atomic E-state index is -0.459. The topological polar surface area (TPSA) is 35.5 Å². The van der Waals surface area contributed by atoms with Gasteiger partial charge in [0.1, 0.15) is 24.8 Å². The fourth-order valence-electron chi connectivity index (χ4n) is 1.60. The zero-order chi connectivity index (χ0) is 11.7. The van der Waals surface area contributed by atoms with Crippen LogP contribution in [0, 0.1) is 5.82 Å². The summed E-state index contributed by atoms with van der Waals surface area (Å²) in [5.74, 6) is 0.255. The molecule has 3 nitrogen and oxygen atoms in total. The molecule has 0 N–H and O–H groups in total. The summed E-state index contributed by atoms with van der Waals surface area (Å²) in [4.78, 5) is 11.1. The Kier molecular flexibility index (Phi) is 3.14. The molecule has 0 radical (unpaired) electrons. The van der Waals surface area contributed by atoms with Gasteiger partial charge in [0.25, 0.3) is 0 Å². The zero-order valence-electron chi connectivity index (χ0n) is 8.68. The lowest BCUT2D eigenvalue weighted by Crippen LogP contribution is -2.18. The Morgan fingerprint density at radius 3 is 2.88 bits per heavy atom. The molecule has 0 aromatic heterocycles. The summed E-state index contributed by atoms with van der Waals surface area (Å²) in [6.07, 6.45) is 0.0109. The van der Waals surface area contributed by atoms with Crippen LogP contribution in [0.2, 0.25) is 0 Å². The van der Waals surface area contributed by atoms with E-state index in [1.54, 1.807) is 0 Å². The average Bonchev–Trinajstić information content (AvgIpc) is 2.24. The Bertz CT molecular complexity index is 445. The van der Waals surface area contributed by atoms with Crippen molar-refractivity contribution in [1.82, 2.24) is 0 Å². The molecule has 0 aliphatic carbocycles. The number of halogens is 2. The van der Waals surface area contributed by atoms with Crippen molar-refractivity contribution in [2.75, 3.05) is 13.2 Å². The Labute approximate surface area is 101 Å². The molecule has 1 aliphatic rings. The fraction of sp³-hybridized carbons (Fsp3) is 0.364. The van der Waals surface area contributed by atoms with Crippen molar-refractivity contribution >= 4 is 21.7 Å². The summed E-state index contributed by atoms with van der Waals surface area (Å²) in [5.41, 5.74) is 0.261. The Balaban J connectivity index is 2.54. The predicted octanol–water partition coefficient (Wildman–Crippen LogP) is 2.49. The average molecular weight is 289 g/mol. The van der Waals surface area contributed by atoms with E-state index < -0.39 is 5.82 Å². The van der Waals surface area contributed by atoms with E-state index in [-0.39, 0.29) is 22.2 Å². The summed E-state index contributed by atoms with van der Waals surface area (Å²) in [5, 5.41) is 0. The highest BCUT2D eigenvalue weighted by Crippen LogP contribution is 2.39. The van der Waals surface area contributed by atoms with Crippen LogP contribution >= 0.6 is 15.9 Å². The molecule has 0 saturated carbocycles. The maximum absolute atomic E-state index is 13.8. The van der Waals surface area contributed by atoms with Gasteiger partial charge in [-0.25, -0.2) is 4.39 Å². The Morgan fingerprint density at radius 2 is 2.19 bits per heavy atom. The van der Waals surface area contributed by atoms with Gasteiger partial charge in [0, 0.05) is 18.1 Å².